The monoisotopic (exact) mass is 587 g/mol. The van der Waals surface area contributed by atoms with Gasteiger partial charge in [-0.15, -0.1) is 0 Å². The first-order valence-electron chi connectivity index (χ1n) is 13.8. The molecule has 1 saturated heterocycles. The Bertz CT molecular complexity index is 1850. The lowest BCUT2D eigenvalue weighted by Gasteiger charge is -2.40. The van der Waals surface area contributed by atoms with E-state index >= 15 is 8.78 Å². The maximum Gasteiger partial charge on any atom is 0.355 e. The van der Waals surface area contributed by atoms with E-state index in [4.69, 9.17) is 5.73 Å². The van der Waals surface area contributed by atoms with Gasteiger partial charge in [0.15, 0.2) is 11.5 Å². The molecule has 12 heteroatoms. The van der Waals surface area contributed by atoms with Crippen molar-refractivity contribution >= 4 is 28.7 Å². The fourth-order valence-electron chi connectivity index (χ4n) is 5.56. The summed E-state index contributed by atoms with van der Waals surface area (Å²) in [5, 5.41) is 0.186. The zero-order chi connectivity index (χ0) is 31.2. The maximum atomic E-state index is 16.0. The Hall–Kier alpha value is -5.00. The Balaban J connectivity index is 1.86. The number of halogens is 2. The molecule has 0 radical (unpaired) electrons. The number of aryl methyl sites for hydroxylation is 1. The molecule has 10 nitrogen and oxygen atoms in total. The number of rotatable bonds is 6. The number of nitrogens with zero attached hydrogens (tertiary/aromatic N) is 6. The molecule has 4 heterocycles. The van der Waals surface area contributed by atoms with E-state index in [1.807, 2.05) is 25.7 Å². The summed E-state index contributed by atoms with van der Waals surface area (Å²) in [6, 6.07) is 6.23. The van der Waals surface area contributed by atoms with Crippen LogP contribution in [0.15, 0.2) is 54.0 Å². The van der Waals surface area contributed by atoms with E-state index in [-0.39, 0.29) is 40.3 Å². The molecule has 43 heavy (non-hydrogen) atoms. The van der Waals surface area contributed by atoms with Gasteiger partial charge in [0, 0.05) is 31.9 Å². The fraction of sp³-hybridized carbons (Fsp3) is 0.290. The molecule has 1 aliphatic heterocycles. The van der Waals surface area contributed by atoms with Gasteiger partial charge in [0.2, 0.25) is 11.8 Å². The molecule has 2 N–H and O–H groups in total. The third-order valence-electron chi connectivity index (χ3n) is 7.63. The van der Waals surface area contributed by atoms with Crippen LogP contribution in [-0.2, 0) is 4.79 Å². The van der Waals surface area contributed by atoms with E-state index < -0.39 is 34.5 Å². The highest BCUT2D eigenvalue weighted by molar-refractivity contribution is 6.00. The number of aromatic nitrogens is 4. The lowest BCUT2D eigenvalue weighted by atomic mass is 10.0. The second-order valence-corrected chi connectivity index (χ2v) is 10.8. The average molecular weight is 588 g/mol. The molecule has 1 aromatic carbocycles. The van der Waals surface area contributed by atoms with Gasteiger partial charge in [-0.05, 0) is 55.7 Å². The van der Waals surface area contributed by atoms with Gasteiger partial charge in [-0.1, -0.05) is 26.5 Å². The largest absolute Gasteiger partial charge is 0.366 e. The van der Waals surface area contributed by atoms with Crippen LogP contribution in [0.2, 0.25) is 0 Å². The van der Waals surface area contributed by atoms with Crippen molar-refractivity contribution in [2.75, 3.05) is 24.5 Å². The Morgan fingerprint density at radius 2 is 1.88 bits per heavy atom. The van der Waals surface area contributed by atoms with Gasteiger partial charge in [-0.25, -0.2) is 23.1 Å². The van der Waals surface area contributed by atoms with E-state index in [0.29, 0.717) is 36.6 Å². The lowest BCUT2D eigenvalue weighted by Crippen LogP contribution is -2.54. The van der Waals surface area contributed by atoms with Crippen LogP contribution >= 0.6 is 0 Å². The molecule has 0 saturated carbocycles. The molecule has 5 rings (SSSR count). The molecule has 0 aliphatic carbocycles. The number of fused-ring (bicyclic) bond motifs is 1. The standard InChI is InChI=1S/C31H31F2N7O3/c1-6-23(41)38-12-13-39(18(5)15-38)29-20-14-22(33)26(24-19(28(34)42)8-7-9-21(24)32)36-30(20)40(31(43)37-29)27-17(4)10-11-35-25(27)16(2)3/h6-11,14,16,18H,1,12-13,15H2,2-5H3,(H2,34,42)/t18-/m0/s1. The fourth-order valence-corrected chi connectivity index (χ4v) is 5.56. The van der Waals surface area contributed by atoms with Crippen molar-refractivity contribution in [1.29, 1.82) is 0 Å². The van der Waals surface area contributed by atoms with Crippen molar-refractivity contribution < 1.29 is 18.4 Å². The molecule has 1 fully saturated rings. The molecular formula is C31H31F2N7O3. The summed E-state index contributed by atoms with van der Waals surface area (Å²) in [5.74, 6) is -2.96. The van der Waals surface area contributed by atoms with Gasteiger partial charge in [0.05, 0.1) is 27.9 Å². The summed E-state index contributed by atoms with van der Waals surface area (Å²) in [6.45, 7) is 12.0. The summed E-state index contributed by atoms with van der Waals surface area (Å²) >= 11 is 0. The SMILES string of the molecule is C=CC(=O)N1CCN(c2nc(=O)n(-c3c(C)ccnc3C(C)C)c3nc(-c4c(F)cccc4C(N)=O)c(F)cc23)[C@@H](C)C1. The zero-order valence-corrected chi connectivity index (χ0v) is 24.3. The Kier molecular flexibility index (Phi) is 7.78. The van der Waals surface area contributed by atoms with Gasteiger partial charge in [-0.2, -0.15) is 4.98 Å². The molecule has 4 aromatic rings. The number of hydrogen-bond donors (Lipinski definition) is 1. The minimum absolute atomic E-state index is 0.000119. The van der Waals surface area contributed by atoms with Crippen LogP contribution in [0.1, 0.15) is 48.3 Å². The summed E-state index contributed by atoms with van der Waals surface area (Å²) in [6.07, 6.45) is 2.87. The summed E-state index contributed by atoms with van der Waals surface area (Å²) in [5.41, 5.74) is 5.36. The van der Waals surface area contributed by atoms with Crippen LogP contribution in [0, 0.1) is 18.6 Å². The number of piperazine rings is 1. The molecule has 2 amide bonds. The summed E-state index contributed by atoms with van der Waals surface area (Å²) in [7, 11) is 0. The number of nitrogens with two attached hydrogens (primary N) is 1. The molecule has 222 valence electrons. The Morgan fingerprint density at radius 1 is 1.14 bits per heavy atom. The third-order valence-corrected chi connectivity index (χ3v) is 7.63. The third kappa shape index (κ3) is 5.13. The van der Waals surface area contributed by atoms with Crippen molar-refractivity contribution in [3.8, 4) is 16.9 Å². The molecule has 1 atom stereocenters. The van der Waals surface area contributed by atoms with Crippen molar-refractivity contribution in [3.63, 3.8) is 0 Å². The lowest BCUT2D eigenvalue weighted by molar-refractivity contribution is -0.126. The van der Waals surface area contributed by atoms with E-state index in [1.165, 1.54) is 22.8 Å². The number of pyridine rings is 2. The molecule has 0 bridgehead atoms. The van der Waals surface area contributed by atoms with Gasteiger partial charge in [0.25, 0.3) is 0 Å². The van der Waals surface area contributed by atoms with Crippen molar-refractivity contribution in [2.45, 2.75) is 39.7 Å². The first kappa shape index (κ1) is 29.5. The molecule has 3 aromatic heterocycles. The van der Waals surface area contributed by atoms with Crippen LogP contribution in [-0.4, -0.2) is 61.9 Å². The second kappa shape index (κ2) is 11.3. The highest BCUT2D eigenvalue weighted by Gasteiger charge is 2.31. The normalized spacial score (nSPS) is 15.3. The molecular weight excluding hydrogens is 556 g/mol. The molecule has 0 spiro atoms. The minimum atomic E-state index is -0.963. The zero-order valence-electron chi connectivity index (χ0n) is 24.3. The van der Waals surface area contributed by atoms with E-state index in [9.17, 15) is 14.4 Å². The van der Waals surface area contributed by atoms with Gasteiger partial charge < -0.3 is 15.5 Å². The van der Waals surface area contributed by atoms with E-state index in [0.717, 1.165) is 12.1 Å². The van der Waals surface area contributed by atoms with Gasteiger partial charge in [-0.3, -0.25) is 14.6 Å². The van der Waals surface area contributed by atoms with Crippen molar-refractivity contribution in [1.82, 2.24) is 24.4 Å². The van der Waals surface area contributed by atoms with Crippen LogP contribution < -0.4 is 16.3 Å². The minimum Gasteiger partial charge on any atom is -0.366 e. The summed E-state index contributed by atoms with van der Waals surface area (Å²) < 4.78 is 32.5. The number of primary amides is 1. The number of amides is 2. The Morgan fingerprint density at radius 3 is 2.53 bits per heavy atom. The number of carbonyl (C=O) groups is 2. The number of benzene rings is 1. The quantitative estimate of drug-likeness (QED) is 0.339. The van der Waals surface area contributed by atoms with Crippen LogP contribution in [0.25, 0.3) is 28.0 Å². The van der Waals surface area contributed by atoms with E-state index in [1.54, 1.807) is 24.1 Å². The smallest absolute Gasteiger partial charge is 0.355 e. The number of hydrogen-bond acceptors (Lipinski definition) is 7. The highest BCUT2D eigenvalue weighted by Crippen LogP contribution is 2.35. The second-order valence-electron chi connectivity index (χ2n) is 10.8. The highest BCUT2D eigenvalue weighted by atomic mass is 19.1. The van der Waals surface area contributed by atoms with Crippen molar-refractivity contribution in [3.05, 3.63) is 88.1 Å². The molecule has 0 unspecified atom stereocenters. The first-order chi connectivity index (χ1) is 20.4. The Labute approximate surface area is 246 Å². The van der Waals surface area contributed by atoms with E-state index in [2.05, 4.69) is 21.5 Å². The summed E-state index contributed by atoms with van der Waals surface area (Å²) in [4.78, 5) is 55.3. The molecule has 1 aliphatic rings. The number of carbonyl (C=O) groups excluding carboxylic acids is 2. The number of anilines is 1. The first-order valence-corrected chi connectivity index (χ1v) is 13.8. The van der Waals surface area contributed by atoms with Crippen LogP contribution in [0.5, 0.6) is 0 Å². The predicted octanol–water partition coefficient (Wildman–Crippen LogP) is 3.87. The van der Waals surface area contributed by atoms with Gasteiger partial charge in [0.1, 0.15) is 17.3 Å². The van der Waals surface area contributed by atoms with Gasteiger partial charge >= 0.3 is 5.69 Å². The van der Waals surface area contributed by atoms with Crippen molar-refractivity contribution in [2.24, 2.45) is 5.73 Å². The topological polar surface area (TPSA) is 127 Å². The average Bonchev–Trinajstić information content (AvgIpc) is 2.96. The van der Waals surface area contributed by atoms with Crippen LogP contribution in [0.4, 0.5) is 14.6 Å². The maximum absolute atomic E-state index is 16.0. The predicted molar refractivity (Wildman–Crippen MR) is 159 cm³/mol. The van der Waals surface area contributed by atoms with Crippen LogP contribution in [0.3, 0.4) is 0 Å².